The Balaban J connectivity index is 2.00. The van der Waals surface area contributed by atoms with Crippen LogP contribution in [0.1, 0.15) is 0 Å². The van der Waals surface area contributed by atoms with Crippen molar-refractivity contribution in [3.63, 3.8) is 0 Å². The molecule has 0 unspecified atom stereocenters. The van der Waals surface area contributed by atoms with E-state index in [1.807, 2.05) is 0 Å². The fourth-order valence-electron chi connectivity index (χ4n) is 2.62. The zero-order valence-corrected chi connectivity index (χ0v) is 14.9. The van der Waals surface area contributed by atoms with Crippen molar-refractivity contribution in [3.05, 3.63) is 75.6 Å². The summed E-state index contributed by atoms with van der Waals surface area (Å²) < 4.78 is 49.3. The van der Waals surface area contributed by atoms with Gasteiger partial charge in [-0.05, 0) is 36.4 Å². The number of imidazole rings is 1. The SMILES string of the molecule is Cn1cnc2c(=O)n(-c3ccc(Cl)cc3)c(Oc3c(F)ccc(F)c3F)nc21. The number of aryl methyl sites for hydroxylation is 1. The summed E-state index contributed by atoms with van der Waals surface area (Å²) in [5.41, 5.74) is -0.228. The summed E-state index contributed by atoms with van der Waals surface area (Å²) in [5.74, 6) is -5.02. The second kappa shape index (κ2) is 6.68. The highest BCUT2D eigenvalue weighted by Gasteiger charge is 2.22. The molecule has 4 aromatic rings. The number of aromatic nitrogens is 4. The van der Waals surface area contributed by atoms with E-state index < -0.39 is 34.8 Å². The molecule has 0 aliphatic carbocycles. The lowest BCUT2D eigenvalue weighted by molar-refractivity contribution is 0.359. The lowest BCUT2D eigenvalue weighted by Crippen LogP contribution is -2.22. The van der Waals surface area contributed by atoms with Crippen molar-refractivity contribution in [1.82, 2.24) is 19.1 Å². The molecule has 0 aliphatic rings. The number of halogens is 4. The third-order valence-corrected chi connectivity index (χ3v) is 4.24. The molecule has 2 aromatic carbocycles. The van der Waals surface area contributed by atoms with E-state index in [1.165, 1.54) is 35.2 Å². The van der Waals surface area contributed by atoms with E-state index in [9.17, 15) is 18.0 Å². The van der Waals surface area contributed by atoms with E-state index in [0.717, 1.165) is 4.57 Å². The van der Waals surface area contributed by atoms with Crippen molar-refractivity contribution in [3.8, 4) is 17.4 Å². The van der Waals surface area contributed by atoms with Crippen molar-refractivity contribution in [2.24, 2.45) is 7.05 Å². The van der Waals surface area contributed by atoms with Gasteiger partial charge in [-0.15, -0.1) is 0 Å². The Morgan fingerprint density at radius 1 is 1.04 bits per heavy atom. The summed E-state index contributed by atoms with van der Waals surface area (Å²) in [6.45, 7) is 0. The van der Waals surface area contributed by atoms with Gasteiger partial charge in [0, 0.05) is 12.1 Å². The zero-order valence-electron chi connectivity index (χ0n) is 14.2. The molecule has 0 saturated carbocycles. The summed E-state index contributed by atoms with van der Waals surface area (Å²) in [6, 6.07) is 6.88. The first-order valence-electron chi connectivity index (χ1n) is 7.88. The van der Waals surface area contributed by atoms with E-state index in [2.05, 4.69) is 9.97 Å². The molecule has 0 aliphatic heterocycles. The predicted octanol–water partition coefficient (Wildman–Crippen LogP) is 3.98. The Kier molecular flexibility index (Phi) is 4.31. The lowest BCUT2D eigenvalue weighted by Gasteiger charge is -2.14. The first-order chi connectivity index (χ1) is 13.4. The molecule has 2 heterocycles. The third kappa shape index (κ3) is 2.89. The number of ether oxygens (including phenoxy) is 1. The smallest absolute Gasteiger partial charge is 0.311 e. The Morgan fingerprint density at radius 3 is 2.43 bits per heavy atom. The molecular weight excluding hydrogens is 397 g/mol. The number of fused-ring (bicyclic) bond motifs is 1. The highest BCUT2D eigenvalue weighted by molar-refractivity contribution is 6.30. The maximum atomic E-state index is 14.1. The van der Waals surface area contributed by atoms with Crippen LogP contribution in [0.15, 0.2) is 47.5 Å². The molecule has 0 radical (unpaired) electrons. The monoisotopic (exact) mass is 406 g/mol. The van der Waals surface area contributed by atoms with Gasteiger partial charge in [0.15, 0.2) is 22.8 Å². The van der Waals surface area contributed by atoms with Crippen LogP contribution in [0.5, 0.6) is 11.8 Å². The average Bonchev–Trinajstić information content (AvgIpc) is 3.04. The minimum atomic E-state index is -1.54. The van der Waals surface area contributed by atoms with Gasteiger partial charge in [-0.25, -0.2) is 18.3 Å². The molecule has 10 heteroatoms. The van der Waals surface area contributed by atoms with Crippen molar-refractivity contribution in [2.45, 2.75) is 0 Å². The Morgan fingerprint density at radius 2 is 1.71 bits per heavy atom. The molecule has 0 N–H and O–H groups in total. The zero-order chi connectivity index (χ0) is 20.0. The van der Waals surface area contributed by atoms with E-state index in [-0.39, 0.29) is 16.9 Å². The Hall–Kier alpha value is -3.33. The van der Waals surface area contributed by atoms with E-state index in [0.29, 0.717) is 17.2 Å². The van der Waals surface area contributed by atoms with Crippen LogP contribution in [0, 0.1) is 17.5 Å². The van der Waals surface area contributed by atoms with E-state index in [4.69, 9.17) is 16.3 Å². The maximum Gasteiger partial charge on any atom is 0.311 e. The van der Waals surface area contributed by atoms with Gasteiger partial charge in [-0.3, -0.25) is 4.79 Å². The van der Waals surface area contributed by atoms with Crippen molar-refractivity contribution < 1.29 is 17.9 Å². The molecule has 0 saturated heterocycles. The van der Waals surface area contributed by atoms with Crippen molar-refractivity contribution in [2.75, 3.05) is 0 Å². The molecule has 0 fully saturated rings. The van der Waals surface area contributed by atoms with Gasteiger partial charge in [0.2, 0.25) is 11.6 Å². The largest absolute Gasteiger partial charge is 0.419 e. The molecular formula is C18H10ClF3N4O2. The lowest BCUT2D eigenvalue weighted by atomic mass is 10.3. The highest BCUT2D eigenvalue weighted by Crippen LogP contribution is 2.29. The van der Waals surface area contributed by atoms with E-state index in [1.54, 1.807) is 7.05 Å². The van der Waals surface area contributed by atoms with Gasteiger partial charge < -0.3 is 9.30 Å². The standard InChI is InChI=1S/C18H10ClF3N4O2/c1-25-8-23-14-16(25)24-18(28-15-12(21)7-6-11(20)13(15)22)26(17(14)27)10-4-2-9(19)3-5-10/h2-8H,1H3. The number of rotatable bonds is 3. The molecule has 142 valence electrons. The summed E-state index contributed by atoms with van der Waals surface area (Å²) in [6.07, 6.45) is 1.36. The highest BCUT2D eigenvalue weighted by atomic mass is 35.5. The minimum absolute atomic E-state index is 0.0185. The van der Waals surface area contributed by atoms with Gasteiger partial charge in [0.1, 0.15) is 0 Å². The minimum Gasteiger partial charge on any atom is -0.419 e. The molecule has 0 amide bonds. The fraction of sp³-hybridized carbons (Fsp3) is 0.0556. The molecule has 28 heavy (non-hydrogen) atoms. The molecule has 2 aromatic heterocycles. The van der Waals surface area contributed by atoms with Crippen LogP contribution in [0.3, 0.4) is 0 Å². The third-order valence-electron chi connectivity index (χ3n) is 3.98. The second-order valence-electron chi connectivity index (χ2n) is 5.81. The predicted molar refractivity (Wildman–Crippen MR) is 95.5 cm³/mol. The number of nitrogens with zero attached hydrogens (tertiary/aromatic N) is 4. The first kappa shape index (κ1) is 18.1. The number of hydrogen-bond acceptors (Lipinski definition) is 4. The average molecular weight is 407 g/mol. The Labute approximate surface area is 160 Å². The molecule has 6 nitrogen and oxygen atoms in total. The fourth-order valence-corrected chi connectivity index (χ4v) is 2.75. The quantitative estimate of drug-likeness (QED) is 0.483. The summed E-state index contributed by atoms with van der Waals surface area (Å²) >= 11 is 5.88. The van der Waals surface area contributed by atoms with Crippen LogP contribution in [0.4, 0.5) is 13.2 Å². The van der Waals surface area contributed by atoms with Crippen LogP contribution < -0.4 is 10.3 Å². The number of benzene rings is 2. The van der Waals surface area contributed by atoms with Gasteiger partial charge in [0.05, 0.1) is 12.0 Å². The van der Waals surface area contributed by atoms with Gasteiger partial charge in [-0.1, -0.05) is 11.6 Å². The van der Waals surface area contributed by atoms with Crippen molar-refractivity contribution >= 4 is 22.8 Å². The summed E-state index contributed by atoms with van der Waals surface area (Å²) in [5, 5.41) is 0.411. The normalized spacial score (nSPS) is 11.2. The molecule has 0 atom stereocenters. The molecule has 4 rings (SSSR count). The van der Waals surface area contributed by atoms with Crippen LogP contribution in [0.2, 0.25) is 5.02 Å². The first-order valence-corrected chi connectivity index (χ1v) is 8.26. The van der Waals surface area contributed by atoms with Crippen molar-refractivity contribution in [1.29, 1.82) is 0 Å². The molecule has 0 spiro atoms. The van der Waals surface area contributed by atoms with Gasteiger partial charge in [0.25, 0.3) is 5.56 Å². The maximum absolute atomic E-state index is 14.1. The molecule has 0 bridgehead atoms. The van der Waals surface area contributed by atoms with Crippen LogP contribution in [0.25, 0.3) is 16.9 Å². The van der Waals surface area contributed by atoms with E-state index >= 15 is 0 Å². The van der Waals surface area contributed by atoms with Crippen LogP contribution in [-0.2, 0) is 7.05 Å². The summed E-state index contributed by atoms with van der Waals surface area (Å²) in [4.78, 5) is 21.1. The Bertz CT molecular complexity index is 1270. The second-order valence-corrected chi connectivity index (χ2v) is 6.25. The van der Waals surface area contributed by atoms with Crippen LogP contribution >= 0.6 is 11.6 Å². The topological polar surface area (TPSA) is 61.9 Å². The summed E-state index contributed by atoms with van der Waals surface area (Å²) in [7, 11) is 1.58. The van der Waals surface area contributed by atoms with Crippen LogP contribution in [-0.4, -0.2) is 19.1 Å². The van der Waals surface area contributed by atoms with Gasteiger partial charge in [-0.2, -0.15) is 9.37 Å². The van der Waals surface area contributed by atoms with Gasteiger partial charge >= 0.3 is 6.01 Å². The number of hydrogen-bond donors (Lipinski definition) is 0.